The Hall–Kier alpha value is -0.0478. The second-order valence-corrected chi connectivity index (χ2v) is 5.41. The third-order valence-corrected chi connectivity index (χ3v) is 3.98. The number of carbonyl (C=O) groups is 2. The Morgan fingerprint density at radius 3 is 2.74 bits per heavy atom. The van der Waals surface area contributed by atoms with Crippen LogP contribution in [-0.4, -0.2) is 36.5 Å². The van der Waals surface area contributed by atoms with Gasteiger partial charge in [0, 0.05) is 66.7 Å². The average Bonchev–Trinajstić information content (AvgIpc) is 2.74. The number of esters is 1. The average molecular weight is 560 g/mol. The van der Waals surface area contributed by atoms with E-state index in [1.54, 1.807) is 11.0 Å². The van der Waals surface area contributed by atoms with Crippen LogP contribution in [0.4, 0.5) is 0 Å². The number of rotatable bonds is 3. The predicted octanol–water partition coefficient (Wildman–Crippen LogP) is 2.08. The summed E-state index contributed by atoms with van der Waals surface area (Å²) in [4.78, 5) is 26.2. The summed E-state index contributed by atoms with van der Waals surface area (Å²) in [6, 6.07) is 9.10. The van der Waals surface area contributed by atoms with Crippen molar-refractivity contribution in [2.45, 2.75) is 45.1 Å². The van der Waals surface area contributed by atoms with E-state index in [0.29, 0.717) is 13.0 Å². The van der Waals surface area contributed by atoms with E-state index in [1.807, 2.05) is 13.0 Å². The van der Waals surface area contributed by atoms with E-state index >= 15 is 0 Å². The molecule has 1 atom stereocenters. The Bertz CT molecular complexity index is 524. The maximum atomic E-state index is 12.6. The minimum absolute atomic E-state index is 0. The molecule has 1 aliphatic heterocycles. The van der Waals surface area contributed by atoms with Gasteiger partial charge >= 0.3 is 5.97 Å². The van der Waals surface area contributed by atoms with Crippen LogP contribution in [-0.2, 0) is 74.5 Å². The van der Waals surface area contributed by atoms with Crippen LogP contribution in [0.2, 0.25) is 0 Å². The number of ether oxygens (including phenoxy) is 1. The minimum Gasteiger partial charge on any atom is -0.467 e. The molecule has 0 N–H and O–H groups in total. The van der Waals surface area contributed by atoms with E-state index < -0.39 is 6.04 Å². The Morgan fingerprint density at radius 2 is 2.09 bits per heavy atom. The number of methoxy groups -OCH3 is 1. The molecule has 23 heavy (non-hydrogen) atoms. The molecule has 1 radical (unpaired) electrons. The molecule has 1 heterocycles. The first kappa shape index (κ1) is 23.0. The van der Waals surface area contributed by atoms with Crippen LogP contribution in [0.25, 0.3) is 0 Å². The summed E-state index contributed by atoms with van der Waals surface area (Å²) in [6.45, 7) is 2.56. The van der Waals surface area contributed by atoms with Gasteiger partial charge in [0.2, 0.25) is 5.91 Å². The zero-order valence-electron chi connectivity index (χ0n) is 13.6. The first-order valence-electron chi connectivity index (χ1n) is 7.38. The summed E-state index contributed by atoms with van der Waals surface area (Å²) < 4.78 is 4.85. The van der Waals surface area contributed by atoms with Gasteiger partial charge in [-0.25, -0.2) is 4.79 Å². The van der Waals surface area contributed by atoms with E-state index in [2.05, 4.69) is 12.1 Å². The Morgan fingerprint density at radius 1 is 1.35 bits per heavy atom. The van der Waals surface area contributed by atoms with Crippen molar-refractivity contribution in [1.82, 2.24) is 4.90 Å². The Balaban J connectivity index is 0.00000242. The molecule has 0 spiro atoms. The number of hydrogen-bond acceptors (Lipinski definition) is 3. The SMILES string of the molecule is COC(=O)C1CCCCCN1C(=O)Cc1[c-]c[c-]cc1C.[W].[Y]. The largest absolute Gasteiger partial charge is 0.467 e. The molecule has 123 valence electrons. The molecule has 1 saturated heterocycles. The summed E-state index contributed by atoms with van der Waals surface area (Å²) in [7, 11) is 1.38. The number of nitrogens with zero attached hydrogens (tertiary/aromatic N) is 1. The monoisotopic (exact) mass is 560 g/mol. The molecule has 0 bridgehead atoms. The number of aryl methyl sites for hydroxylation is 1. The molecule has 4 nitrogen and oxygen atoms in total. The van der Waals surface area contributed by atoms with Gasteiger partial charge in [-0.1, -0.05) is 12.8 Å². The van der Waals surface area contributed by atoms with Crippen LogP contribution in [0.3, 0.4) is 0 Å². The summed E-state index contributed by atoms with van der Waals surface area (Å²) >= 11 is 0. The van der Waals surface area contributed by atoms with Crippen LogP contribution >= 0.6 is 0 Å². The number of benzene rings is 1. The van der Waals surface area contributed by atoms with Gasteiger partial charge in [0.1, 0.15) is 6.04 Å². The molecular formula is C17H21NO3WY-2. The van der Waals surface area contributed by atoms with Crippen molar-refractivity contribution in [2.24, 2.45) is 0 Å². The van der Waals surface area contributed by atoms with Crippen molar-refractivity contribution in [2.75, 3.05) is 13.7 Å². The summed E-state index contributed by atoms with van der Waals surface area (Å²) in [6.07, 6.45) is 3.89. The summed E-state index contributed by atoms with van der Waals surface area (Å²) in [5.41, 5.74) is 1.86. The van der Waals surface area contributed by atoms with Crippen LogP contribution in [0.5, 0.6) is 0 Å². The number of carbonyl (C=O) groups excluding carboxylic acids is 2. The van der Waals surface area contributed by atoms with E-state index in [0.717, 1.165) is 30.4 Å². The van der Waals surface area contributed by atoms with Gasteiger partial charge < -0.3 is 27.8 Å². The second-order valence-electron chi connectivity index (χ2n) is 5.41. The molecular weight excluding hydrogens is 539 g/mol. The first-order valence-corrected chi connectivity index (χ1v) is 7.38. The maximum Gasteiger partial charge on any atom is 0.328 e. The van der Waals surface area contributed by atoms with Crippen LogP contribution in [0, 0.1) is 19.1 Å². The topological polar surface area (TPSA) is 46.6 Å². The van der Waals surface area contributed by atoms with Crippen LogP contribution in [0.1, 0.15) is 36.8 Å². The van der Waals surface area contributed by atoms with Gasteiger partial charge in [-0.05, 0) is 12.8 Å². The molecule has 1 fully saturated rings. The van der Waals surface area contributed by atoms with Gasteiger partial charge in [0.15, 0.2) is 0 Å². The maximum absolute atomic E-state index is 12.6. The van der Waals surface area contributed by atoms with Crippen LogP contribution < -0.4 is 0 Å². The molecule has 0 saturated carbocycles. The fourth-order valence-electron chi connectivity index (χ4n) is 2.73. The summed E-state index contributed by atoms with van der Waals surface area (Å²) in [5, 5.41) is 0. The van der Waals surface area contributed by atoms with Crippen molar-refractivity contribution in [3.8, 4) is 0 Å². The smallest absolute Gasteiger partial charge is 0.328 e. The Labute approximate surface area is 177 Å². The molecule has 1 aromatic rings. The molecule has 1 unspecified atom stereocenters. The third kappa shape index (κ3) is 6.40. The second kappa shape index (κ2) is 11.5. The van der Waals surface area contributed by atoms with Crippen LogP contribution in [0.15, 0.2) is 12.1 Å². The molecule has 0 aliphatic carbocycles. The standard InChI is InChI=1S/C17H21NO3.W.Y/c1-13-8-5-6-9-14(13)12-16(19)18-11-7-3-4-10-15(18)17(20)21-2;;/h6,8,15H,3-4,7,10-12H2,1-2H3;;/q-2;;. The molecule has 2 rings (SSSR count). The number of likely N-dealkylation sites (tertiary alicyclic amines) is 1. The first-order chi connectivity index (χ1) is 10.1. The molecule has 1 aliphatic rings. The molecule has 1 aromatic carbocycles. The molecule has 0 aromatic heterocycles. The van der Waals surface area contributed by atoms with E-state index in [4.69, 9.17) is 4.74 Å². The van der Waals surface area contributed by atoms with Crippen molar-refractivity contribution < 1.29 is 68.1 Å². The molecule has 1 amide bonds. The normalized spacial score (nSPS) is 17.3. The number of amides is 1. The van der Waals surface area contributed by atoms with Gasteiger partial charge in [-0.2, -0.15) is 0 Å². The van der Waals surface area contributed by atoms with Crippen molar-refractivity contribution in [3.63, 3.8) is 0 Å². The fourth-order valence-corrected chi connectivity index (χ4v) is 2.73. The van der Waals surface area contributed by atoms with Gasteiger partial charge in [-0.3, -0.25) is 22.0 Å². The zero-order chi connectivity index (χ0) is 15.2. The Kier molecular flexibility index (Phi) is 11.5. The minimum atomic E-state index is -0.444. The van der Waals surface area contributed by atoms with Gasteiger partial charge in [0.05, 0.1) is 7.11 Å². The van der Waals surface area contributed by atoms with Gasteiger partial charge in [0.25, 0.3) is 0 Å². The third-order valence-electron chi connectivity index (χ3n) is 3.98. The predicted molar refractivity (Wildman–Crippen MR) is 78.5 cm³/mol. The van der Waals surface area contributed by atoms with Crippen molar-refractivity contribution >= 4 is 11.9 Å². The van der Waals surface area contributed by atoms with Crippen molar-refractivity contribution in [3.05, 3.63) is 35.4 Å². The molecule has 6 heteroatoms. The van der Waals surface area contributed by atoms with E-state index in [1.165, 1.54) is 7.11 Å². The number of hydrogen-bond donors (Lipinski definition) is 0. The quantitative estimate of drug-likeness (QED) is 0.421. The zero-order valence-corrected chi connectivity index (χ0v) is 19.4. The van der Waals surface area contributed by atoms with E-state index in [9.17, 15) is 9.59 Å². The fraction of sp³-hybridized carbons (Fsp3) is 0.529. The van der Waals surface area contributed by atoms with Gasteiger partial charge in [-0.15, -0.1) is 6.92 Å². The summed E-state index contributed by atoms with van der Waals surface area (Å²) in [5.74, 6) is -0.342. The van der Waals surface area contributed by atoms with Crippen molar-refractivity contribution in [1.29, 1.82) is 0 Å². The van der Waals surface area contributed by atoms with E-state index in [-0.39, 0.29) is 72.1 Å².